The number of rotatable bonds is 4. The van der Waals surface area contributed by atoms with Crippen LogP contribution in [0.1, 0.15) is 11.1 Å². The molecule has 6 heteroatoms. The molecular weight excluding hydrogens is 288 g/mol. The first-order chi connectivity index (χ1) is 11.2. The minimum Gasteiger partial charge on any atom is -0.339 e. The fourth-order valence-corrected chi connectivity index (χ4v) is 1.96. The number of anilines is 4. The van der Waals surface area contributed by atoms with Crippen LogP contribution >= 0.6 is 0 Å². The second-order valence-corrected chi connectivity index (χ2v) is 4.97. The summed E-state index contributed by atoms with van der Waals surface area (Å²) >= 11 is 0. The van der Waals surface area contributed by atoms with Crippen LogP contribution in [0.3, 0.4) is 0 Å². The van der Waals surface area contributed by atoms with E-state index < -0.39 is 0 Å². The number of aromatic nitrogens is 3. The largest absolute Gasteiger partial charge is 0.339 e. The molecule has 112 valence electrons. The van der Waals surface area contributed by atoms with E-state index in [4.69, 9.17) is 5.26 Å². The predicted octanol–water partition coefficient (Wildman–Crippen LogP) is 3.54. The molecule has 0 amide bonds. The number of hydrogen-bond donors (Lipinski definition) is 2. The molecule has 0 atom stereocenters. The third kappa shape index (κ3) is 3.80. The normalized spacial score (nSPS) is 9.91. The van der Waals surface area contributed by atoms with Crippen molar-refractivity contribution in [3.05, 3.63) is 65.9 Å². The highest BCUT2D eigenvalue weighted by atomic mass is 15.3. The molecule has 1 aromatic heterocycles. The van der Waals surface area contributed by atoms with Crippen LogP contribution in [0.4, 0.5) is 23.1 Å². The summed E-state index contributed by atoms with van der Waals surface area (Å²) in [6.45, 7) is 2.04. The van der Waals surface area contributed by atoms with E-state index >= 15 is 0 Å². The SMILES string of the molecule is Cc1ccc(Nc2cnnc(Nc3ccc(C#N)cc3)n2)cc1. The highest BCUT2D eigenvalue weighted by molar-refractivity contribution is 5.59. The molecule has 3 aromatic rings. The van der Waals surface area contributed by atoms with Crippen molar-refractivity contribution < 1.29 is 0 Å². The van der Waals surface area contributed by atoms with Gasteiger partial charge in [-0.25, -0.2) is 0 Å². The van der Waals surface area contributed by atoms with Gasteiger partial charge in [0.05, 0.1) is 17.8 Å². The van der Waals surface area contributed by atoms with Gasteiger partial charge in [0.15, 0.2) is 5.82 Å². The van der Waals surface area contributed by atoms with Crippen LogP contribution in [0.25, 0.3) is 0 Å². The minimum absolute atomic E-state index is 0.381. The zero-order chi connectivity index (χ0) is 16.1. The lowest BCUT2D eigenvalue weighted by atomic mass is 10.2. The van der Waals surface area contributed by atoms with Crippen molar-refractivity contribution >= 4 is 23.1 Å². The summed E-state index contributed by atoms with van der Waals surface area (Å²) < 4.78 is 0. The lowest BCUT2D eigenvalue weighted by Crippen LogP contribution is -2.02. The van der Waals surface area contributed by atoms with Gasteiger partial charge in [-0.1, -0.05) is 17.7 Å². The van der Waals surface area contributed by atoms with Crippen molar-refractivity contribution in [2.45, 2.75) is 6.92 Å². The smallest absolute Gasteiger partial charge is 0.249 e. The van der Waals surface area contributed by atoms with Crippen LogP contribution in [0.2, 0.25) is 0 Å². The zero-order valence-corrected chi connectivity index (χ0v) is 12.5. The second kappa shape index (κ2) is 6.54. The minimum atomic E-state index is 0.381. The average molecular weight is 302 g/mol. The number of aryl methyl sites for hydroxylation is 1. The molecule has 0 aliphatic carbocycles. The molecule has 0 saturated carbocycles. The van der Waals surface area contributed by atoms with E-state index in [1.54, 1.807) is 30.5 Å². The Morgan fingerprint density at radius 3 is 2.26 bits per heavy atom. The van der Waals surface area contributed by atoms with Crippen molar-refractivity contribution in [2.24, 2.45) is 0 Å². The molecule has 0 radical (unpaired) electrons. The zero-order valence-electron chi connectivity index (χ0n) is 12.5. The molecule has 0 fully saturated rings. The van der Waals surface area contributed by atoms with Gasteiger partial charge in [0.1, 0.15) is 0 Å². The Labute approximate surface area is 133 Å². The van der Waals surface area contributed by atoms with Crippen molar-refractivity contribution in [1.29, 1.82) is 5.26 Å². The summed E-state index contributed by atoms with van der Waals surface area (Å²) in [5.41, 5.74) is 3.52. The summed E-state index contributed by atoms with van der Waals surface area (Å²) in [6, 6.07) is 17.1. The van der Waals surface area contributed by atoms with Crippen LogP contribution in [-0.2, 0) is 0 Å². The van der Waals surface area contributed by atoms with Gasteiger partial charge in [-0.2, -0.15) is 15.3 Å². The van der Waals surface area contributed by atoms with E-state index in [1.807, 2.05) is 31.2 Å². The van der Waals surface area contributed by atoms with Gasteiger partial charge in [0.2, 0.25) is 5.95 Å². The first kappa shape index (κ1) is 14.5. The van der Waals surface area contributed by atoms with E-state index in [-0.39, 0.29) is 0 Å². The van der Waals surface area contributed by atoms with Crippen molar-refractivity contribution in [2.75, 3.05) is 10.6 Å². The Kier molecular flexibility index (Phi) is 4.11. The molecule has 1 heterocycles. The lowest BCUT2D eigenvalue weighted by Gasteiger charge is -2.08. The summed E-state index contributed by atoms with van der Waals surface area (Å²) in [7, 11) is 0. The number of benzene rings is 2. The Morgan fingerprint density at radius 1 is 0.913 bits per heavy atom. The molecule has 0 spiro atoms. The van der Waals surface area contributed by atoms with Gasteiger partial charge in [0.25, 0.3) is 0 Å². The summed E-state index contributed by atoms with van der Waals surface area (Å²) in [4.78, 5) is 4.37. The maximum atomic E-state index is 8.80. The summed E-state index contributed by atoms with van der Waals surface area (Å²) in [5, 5.41) is 22.9. The van der Waals surface area contributed by atoms with Crippen molar-refractivity contribution in [3.63, 3.8) is 0 Å². The molecule has 23 heavy (non-hydrogen) atoms. The molecule has 3 rings (SSSR count). The molecule has 0 aliphatic rings. The Bertz CT molecular complexity index is 834. The van der Waals surface area contributed by atoms with Gasteiger partial charge in [-0.3, -0.25) is 0 Å². The van der Waals surface area contributed by atoms with E-state index in [9.17, 15) is 0 Å². The molecule has 0 unspecified atom stereocenters. The molecule has 6 nitrogen and oxygen atoms in total. The van der Waals surface area contributed by atoms with Crippen molar-refractivity contribution in [1.82, 2.24) is 15.2 Å². The van der Waals surface area contributed by atoms with Crippen LogP contribution in [0.5, 0.6) is 0 Å². The quantitative estimate of drug-likeness (QED) is 0.766. The summed E-state index contributed by atoms with van der Waals surface area (Å²) in [5.74, 6) is 0.979. The second-order valence-electron chi connectivity index (χ2n) is 4.97. The molecular formula is C17H14N6. The highest BCUT2D eigenvalue weighted by Crippen LogP contribution is 2.17. The molecule has 2 N–H and O–H groups in total. The van der Waals surface area contributed by atoms with Crippen LogP contribution < -0.4 is 10.6 Å². The van der Waals surface area contributed by atoms with E-state index in [2.05, 4.69) is 31.9 Å². The van der Waals surface area contributed by atoms with Crippen LogP contribution in [0, 0.1) is 18.3 Å². The number of nitriles is 1. The molecule has 0 bridgehead atoms. The van der Waals surface area contributed by atoms with Gasteiger partial charge in [-0.15, -0.1) is 5.10 Å². The van der Waals surface area contributed by atoms with Crippen molar-refractivity contribution in [3.8, 4) is 6.07 Å². The number of hydrogen-bond acceptors (Lipinski definition) is 6. The third-order valence-corrected chi connectivity index (χ3v) is 3.15. The highest BCUT2D eigenvalue weighted by Gasteiger charge is 2.02. The predicted molar refractivity (Wildman–Crippen MR) is 88.7 cm³/mol. The van der Waals surface area contributed by atoms with Gasteiger partial charge in [-0.05, 0) is 43.3 Å². The van der Waals surface area contributed by atoms with Gasteiger partial charge >= 0.3 is 0 Å². The Morgan fingerprint density at radius 2 is 1.57 bits per heavy atom. The van der Waals surface area contributed by atoms with E-state index in [0.29, 0.717) is 17.3 Å². The molecule has 0 aliphatic heterocycles. The topological polar surface area (TPSA) is 86.5 Å². The van der Waals surface area contributed by atoms with Crippen LogP contribution in [-0.4, -0.2) is 15.2 Å². The maximum Gasteiger partial charge on any atom is 0.249 e. The first-order valence-corrected chi connectivity index (χ1v) is 7.03. The number of nitrogens with one attached hydrogen (secondary N) is 2. The Hall–Kier alpha value is -3.46. The fourth-order valence-electron chi connectivity index (χ4n) is 1.96. The standard InChI is InChI=1S/C17H14N6/c1-12-2-6-14(7-3-12)20-16-11-19-23-17(22-16)21-15-8-4-13(10-18)5-9-15/h2-9,11H,1H3,(H2,20,21,22,23). The van der Waals surface area contributed by atoms with Crippen LogP contribution in [0.15, 0.2) is 54.7 Å². The van der Waals surface area contributed by atoms with E-state index in [0.717, 1.165) is 11.4 Å². The fraction of sp³-hybridized carbons (Fsp3) is 0.0588. The lowest BCUT2D eigenvalue weighted by molar-refractivity contribution is 0.982. The maximum absolute atomic E-state index is 8.80. The monoisotopic (exact) mass is 302 g/mol. The van der Waals surface area contributed by atoms with E-state index in [1.165, 1.54) is 5.56 Å². The molecule has 2 aromatic carbocycles. The average Bonchev–Trinajstić information content (AvgIpc) is 2.58. The summed E-state index contributed by atoms with van der Waals surface area (Å²) in [6.07, 6.45) is 1.56. The Balaban J connectivity index is 1.74. The first-order valence-electron chi connectivity index (χ1n) is 7.03. The molecule has 0 saturated heterocycles. The number of nitrogens with zero attached hydrogens (tertiary/aromatic N) is 4. The van der Waals surface area contributed by atoms with Gasteiger partial charge < -0.3 is 10.6 Å². The third-order valence-electron chi connectivity index (χ3n) is 3.15. The van der Waals surface area contributed by atoms with Gasteiger partial charge in [0, 0.05) is 11.4 Å².